The van der Waals surface area contributed by atoms with Crippen LogP contribution in [0.3, 0.4) is 0 Å². The first-order chi connectivity index (χ1) is 9.25. The van der Waals surface area contributed by atoms with Crippen molar-refractivity contribution in [1.29, 1.82) is 0 Å². The summed E-state index contributed by atoms with van der Waals surface area (Å²) in [6, 6.07) is 17.4. The van der Waals surface area contributed by atoms with Crippen LogP contribution in [0, 0.1) is 0 Å². The van der Waals surface area contributed by atoms with E-state index in [0.29, 0.717) is 0 Å². The van der Waals surface area contributed by atoms with Crippen molar-refractivity contribution in [3.8, 4) is 0 Å². The van der Waals surface area contributed by atoms with Gasteiger partial charge in [0.05, 0.1) is 6.10 Å². The van der Waals surface area contributed by atoms with Crippen LogP contribution >= 0.6 is 0 Å². The van der Waals surface area contributed by atoms with Crippen molar-refractivity contribution in [3.05, 3.63) is 70.8 Å². The molecule has 0 aromatic heterocycles. The van der Waals surface area contributed by atoms with Crippen molar-refractivity contribution < 1.29 is 4.74 Å². The molecule has 0 aliphatic heterocycles. The van der Waals surface area contributed by atoms with Gasteiger partial charge in [-0.3, -0.25) is 0 Å². The zero-order chi connectivity index (χ0) is 13.2. The molecule has 2 aromatic carbocycles. The Morgan fingerprint density at radius 1 is 0.842 bits per heavy atom. The van der Waals surface area contributed by atoms with E-state index in [2.05, 4.69) is 62.4 Å². The van der Waals surface area contributed by atoms with Gasteiger partial charge in [0.1, 0.15) is 6.10 Å². The summed E-state index contributed by atoms with van der Waals surface area (Å²) in [5, 5.41) is 0. The Kier molecular flexibility index (Phi) is 3.39. The number of benzene rings is 2. The van der Waals surface area contributed by atoms with E-state index in [1.54, 1.807) is 0 Å². The number of aryl methyl sites for hydroxylation is 2. The van der Waals surface area contributed by atoms with Gasteiger partial charge >= 0.3 is 0 Å². The average Bonchev–Trinajstić information content (AvgIpc) is 2.57. The highest BCUT2D eigenvalue weighted by molar-refractivity contribution is 5.43. The van der Waals surface area contributed by atoms with Crippen LogP contribution in [0.2, 0.25) is 0 Å². The predicted octanol–water partition coefficient (Wildman–Crippen LogP) is 4.30. The molecule has 1 heteroatoms. The molecule has 0 bridgehead atoms. The van der Waals surface area contributed by atoms with E-state index in [-0.39, 0.29) is 12.2 Å². The lowest BCUT2D eigenvalue weighted by Gasteiger charge is -2.23. The van der Waals surface area contributed by atoms with Crippen molar-refractivity contribution in [2.24, 2.45) is 0 Å². The summed E-state index contributed by atoms with van der Waals surface area (Å²) in [6.45, 7) is 4.21. The molecule has 98 valence electrons. The highest BCUT2D eigenvalue weighted by Gasteiger charge is 2.24. The number of hydrogen-bond donors (Lipinski definition) is 0. The van der Waals surface area contributed by atoms with E-state index >= 15 is 0 Å². The highest BCUT2D eigenvalue weighted by atomic mass is 16.5. The van der Waals surface area contributed by atoms with Gasteiger partial charge < -0.3 is 4.74 Å². The molecule has 3 rings (SSSR count). The molecular weight excluding hydrogens is 232 g/mol. The molecule has 19 heavy (non-hydrogen) atoms. The van der Waals surface area contributed by atoms with E-state index in [0.717, 1.165) is 12.8 Å². The lowest BCUT2D eigenvalue weighted by atomic mass is 9.97. The fraction of sp³-hybridized carbons (Fsp3) is 0.333. The zero-order valence-corrected chi connectivity index (χ0v) is 11.6. The fourth-order valence-electron chi connectivity index (χ4n) is 2.89. The molecule has 0 atom stereocenters. The lowest BCUT2D eigenvalue weighted by Crippen LogP contribution is -2.13. The summed E-state index contributed by atoms with van der Waals surface area (Å²) in [7, 11) is 0. The number of rotatable bonds is 2. The van der Waals surface area contributed by atoms with E-state index in [1.165, 1.54) is 22.3 Å². The van der Waals surface area contributed by atoms with E-state index in [9.17, 15) is 0 Å². The predicted molar refractivity (Wildman–Crippen MR) is 78.4 cm³/mol. The smallest absolute Gasteiger partial charge is 0.108 e. The molecule has 1 aliphatic carbocycles. The minimum absolute atomic E-state index is 0.0786. The third-order valence-corrected chi connectivity index (χ3v) is 3.75. The van der Waals surface area contributed by atoms with Crippen LogP contribution in [0.25, 0.3) is 0 Å². The molecule has 1 nitrogen and oxygen atoms in total. The standard InChI is InChI=1S/C18H20O/c1-13(2)19-18-16-9-5-3-7-14(16)11-12-15-8-4-6-10-17(15)18/h3-10,13,18H,11-12H2,1-2H3. The minimum atomic E-state index is 0.0786. The maximum atomic E-state index is 6.22. The van der Waals surface area contributed by atoms with Gasteiger partial charge in [0.25, 0.3) is 0 Å². The van der Waals surface area contributed by atoms with Crippen LogP contribution < -0.4 is 0 Å². The third-order valence-electron chi connectivity index (χ3n) is 3.75. The van der Waals surface area contributed by atoms with E-state index in [1.807, 2.05) is 0 Å². The molecule has 2 aromatic rings. The average molecular weight is 252 g/mol. The summed E-state index contributed by atoms with van der Waals surface area (Å²) in [5.41, 5.74) is 5.51. The molecule has 0 unspecified atom stereocenters. The Balaban J connectivity index is 2.13. The number of ether oxygens (including phenoxy) is 1. The first-order valence-corrected chi connectivity index (χ1v) is 7.07. The van der Waals surface area contributed by atoms with Crippen LogP contribution in [0.15, 0.2) is 48.5 Å². The summed E-state index contributed by atoms with van der Waals surface area (Å²) < 4.78 is 6.22. The van der Waals surface area contributed by atoms with Crippen LogP contribution in [-0.2, 0) is 17.6 Å². The third kappa shape index (κ3) is 2.43. The van der Waals surface area contributed by atoms with Crippen molar-refractivity contribution in [2.45, 2.75) is 38.9 Å². The first kappa shape index (κ1) is 12.4. The van der Waals surface area contributed by atoms with Gasteiger partial charge in [-0.15, -0.1) is 0 Å². The van der Waals surface area contributed by atoms with Crippen molar-refractivity contribution in [2.75, 3.05) is 0 Å². The van der Waals surface area contributed by atoms with Gasteiger partial charge in [0.2, 0.25) is 0 Å². The second-order valence-corrected chi connectivity index (χ2v) is 5.46. The van der Waals surface area contributed by atoms with Gasteiger partial charge in [-0.2, -0.15) is 0 Å². The van der Waals surface area contributed by atoms with Crippen molar-refractivity contribution >= 4 is 0 Å². The lowest BCUT2D eigenvalue weighted by molar-refractivity contribution is 0.0301. The molecule has 0 spiro atoms. The fourth-order valence-corrected chi connectivity index (χ4v) is 2.89. The van der Waals surface area contributed by atoms with Gasteiger partial charge in [0, 0.05) is 0 Å². The molecule has 0 amide bonds. The molecule has 0 radical (unpaired) electrons. The largest absolute Gasteiger partial charge is 0.366 e. The SMILES string of the molecule is CC(C)OC1c2ccccc2CCc2ccccc21. The highest BCUT2D eigenvalue weighted by Crippen LogP contribution is 2.35. The number of fused-ring (bicyclic) bond motifs is 2. The quantitative estimate of drug-likeness (QED) is 0.774. The Bertz CT molecular complexity index is 524. The van der Waals surface area contributed by atoms with E-state index in [4.69, 9.17) is 4.74 Å². The zero-order valence-electron chi connectivity index (χ0n) is 11.6. The second kappa shape index (κ2) is 5.18. The van der Waals surface area contributed by atoms with Crippen LogP contribution in [-0.4, -0.2) is 6.10 Å². The van der Waals surface area contributed by atoms with Crippen LogP contribution in [0.1, 0.15) is 42.2 Å². The van der Waals surface area contributed by atoms with E-state index < -0.39 is 0 Å². The molecule has 0 saturated heterocycles. The second-order valence-electron chi connectivity index (χ2n) is 5.46. The number of hydrogen-bond acceptors (Lipinski definition) is 1. The van der Waals surface area contributed by atoms with Gasteiger partial charge in [0.15, 0.2) is 0 Å². The molecule has 1 aliphatic rings. The molecular formula is C18H20O. The summed E-state index contributed by atoms with van der Waals surface area (Å²) in [4.78, 5) is 0. The maximum absolute atomic E-state index is 6.22. The molecule has 0 saturated carbocycles. The van der Waals surface area contributed by atoms with Gasteiger partial charge in [-0.05, 0) is 48.9 Å². The molecule has 0 N–H and O–H groups in total. The van der Waals surface area contributed by atoms with Gasteiger partial charge in [-0.1, -0.05) is 48.5 Å². The summed E-state index contributed by atoms with van der Waals surface area (Å²) in [6.07, 6.45) is 2.51. The minimum Gasteiger partial charge on any atom is -0.366 e. The molecule has 0 fully saturated rings. The Morgan fingerprint density at radius 2 is 1.32 bits per heavy atom. The van der Waals surface area contributed by atoms with Gasteiger partial charge in [-0.25, -0.2) is 0 Å². The Hall–Kier alpha value is -1.60. The monoisotopic (exact) mass is 252 g/mol. The van der Waals surface area contributed by atoms with Crippen molar-refractivity contribution in [1.82, 2.24) is 0 Å². The topological polar surface area (TPSA) is 9.23 Å². The van der Waals surface area contributed by atoms with Crippen LogP contribution in [0.4, 0.5) is 0 Å². The Morgan fingerprint density at radius 3 is 1.79 bits per heavy atom. The Labute approximate surface area is 115 Å². The molecule has 0 heterocycles. The van der Waals surface area contributed by atoms with Crippen LogP contribution in [0.5, 0.6) is 0 Å². The maximum Gasteiger partial charge on any atom is 0.108 e. The normalized spacial score (nSPS) is 14.9. The van der Waals surface area contributed by atoms with Crippen molar-refractivity contribution in [3.63, 3.8) is 0 Å². The summed E-state index contributed by atoms with van der Waals surface area (Å²) >= 11 is 0. The first-order valence-electron chi connectivity index (χ1n) is 7.07. The summed E-state index contributed by atoms with van der Waals surface area (Å²) in [5.74, 6) is 0.